The van der Waals surface area contributed by atoms with E-state index in [2.05, 4.69) is 10.3 Å². The van der Waals surface area contributed by atoms with Crippen molar-refractivity contribution in [2.45, 2.75) is 13.3 Å². The minimum atomic E-state index is 1.03. The van der Waals surface area contributed by atoms with Gasteiger partial charge >= 0.3 is 0 Å². The Morgan fingerprint density at radius 2 is 2.25 bits per heavy atom. The van der Waals surface area contributed by atoms with E-state index in [0.717, 1.165) is 13.0 Å². The average Bonchev–Trinajstić information content (AvgIpc) is 1.83. The highest BCUT2D eigenvalue weighted by Gasteiger charge is 1.84. The first-order valence-electron chi connectivity index (χ1n) is 2.88. The minimum Gasteiger partial charge on any atom is -0.319 e. The van der Waals surface area contributed by atoms with Gasteiger partial charge in [-0.25, -0.2) is 0 Å². The van der Waals surface area contributed by atoms with Crippen molar-refractivity contribution >= 4 is 5.71 Å². The second-order valence-corrected chi connectivity index (χ2v) is 1.81. The van der Waals surface area contributed by atoms with Crippen molar-refractivity contribution in [3.05, 3.63) is 0 Å². The van der Waals surface area contributed by atoms with Gasteiger partial charge in [-0.05, 0) is 20.4 Å². The van der Waals surface area contributed by atoms with Crippen molar-refractivity contribution in [3.8, 4) is 0 Å². The SMILES string of the molecule is CN=C(C)CCNC. The molecule has 1 N–H and O–H groups in total. The highest BCUT2D eigenvalue weighted by Crippen LogP contribution is 1.80. The van der Waals surface area contributed by atoms with E-state index >= 15 is 0 Å². The predicted molar refractivity (Wildman–Crippen MR) is 37.6 cm³/mol. The molecule has 0 aromatic carbocycles. The molecule has 0 aliphatic heterocycles. The Morgan fingerprint density at radius 1 is 1.62 bits per heavy atom. The molecule has 2 nitrogen and oxygen atoms in total. The zero-order valence-corrected chi connectivity index (χ0v) is 5.86. The summed E-state index contributed by atoms with van der Waals surface area (Å²) < 4.78 is 0. The van der Waals surface area contributed by atoms with Gasteiger partial charge in [0.15, 0.2) is 0 Å². The lowest BCUT2D eigenvalue weighted by Gasteiger charge is -1.95. The average molecular weight is 114 g/mol. The van der Waals surface area contributed by atoms with Crippen molar-refractivity contribution < 1.29 is 0 Å². The summed E-state index contributed by atoms with van der Waals surface area (Å²) in [7, 11) is 3.77. The van der Waals surface area contributed by atoms with Crippen molar-refractivity contribution in [1.29, 1.82) is 0 Å². The van der Waals surface area contributed by atoms with Gasteiger partial charge in [-0.15, -0.1) is 0 Å². The van der Waals surface area contributed by atoms with Crippen LogP contribution in [0.5, 0.6) is 0 Å². The van der Waals surface area contributed by atoms with Gasteiger partial charge in [0.2, 0.25) is 0 Å². The molecule has 0 saturated carbocycles. The van der Waals surface area contributed by atoms with Crippen molar-refractivity contribution in [2.75, 3.05) is 20.6 Å². The van der Waals surface area contributed by atoms with E-state index in [4.69, 9.17) is 0 Å². The second kappa shape index (κ2) is 4.78. The Labute approximate surface area is 51.0 Å². The van der Waals surface area contributed by atoms with Gasteiger partial charge in [-0.3, -0.25) is 4.99 Å². The van der Waals surface area contributed by atoms with Crippen LogP contribution >= 0.6 is 0 Å². The molecule has 0 aliphatic rings. The molecule has 0 aromatic rings. The normalized spacial score (nSPS) is 12.1. The fourth-order valence-electron chi connectivity index (χ4n) is 0.418. The van der Waals surface area contributed by atoms with Crippen LogP contribution in [0.1, 0.15) is 13.3 Å². The highest BCUT2D eigenvalue weighted by atomic mass is 14.8. The van der Waals surface area contributed by atoms with Crippen LogP contribution in [0.3, 0.4) is 0 Å². The predicted octanol–water partition coefficient (Wildman–Crippen LogP) is 0.687. The Hall–Kier alpha value is -0.370. The van der Waals surface area contributed by atoms with Crippen LogP contribution in [0.25, 0.3) is 0 Å². The van der Waals surface area contributed by atoms with Crippen LogP contribution < -0.4 is 5.32 Å². The smallest absolute Gasteiger partial charge is 0.0276 e. The third-order valence-corrected chi connectivity index (χ3v) is 1.12. The topological polar surface area (TPSA) is 24.4 Å². The molecule has 0 bridgehead atoms. The third-order valence-electron chi connectivity index (χ3n) is 1.12. The number of aliphatic imine (C=N–C) groups is 1. The molecule has 0 aromatic heterocycles. The first-order chi connectivity index (χ1) is 3.81. The zero-order valence-electron chi connectivity index (χ0n) is 5.86. The summed E-state index contributed by atoms with van der Waals surface area (Å²) in [6.07, 6.45) is 1.06. The maximum Gasteiger partial charge on any atom is 0.0276 e. The maximum atomic E-state index is 4.00. The minimum absolute atomic E-state index is 1.03. The number of nitrogens with one attached hydrogen (secondary N) is 1. The number of hydrogen-bond donors (Lipinski definition) is 1. The van der Waals surface area contributed by atoms with Crippen LogP contribution in [0.15, 0.2) is 4.99 Å². The lowest BCUT2D eigenvalue weighted by atomic mass is 10.3. The van der Waals surface area contributed by atoms with Crippen LogP contribution in [0.2, 0.25) is 0 Å². The first-order valence-corrected chi connectivity index (χ1v) is 2.88. The Morgan fingerprint density at radius 3 is 2.62 bits per heavy atom. The Balaban J connectivity index is 3.12. The molecule has 0 saturated heterocycles. The number of hydrogen-bond acceptors (Lipinski definition) is 2. The molecule has 0 amide bonds. The standard InChI is InChI=1S/C6H14N2/c1-6(8-3)4-5-7-2/h7H,4-5H2,1-3H3. The lowest BCUT2D eigenvalue weighted by Crippen LogP contribution is -2.10. The summed E-state index contributed by atoms with van der Waals surface area (Å²) in [5.41, 5.74) is 1.21. The summed E-state index contributed by atoms with van der Waals surface area (Å²) in [6, 6.07) is 0. The monoisotopic (exact) mass is 114 g/mol. The summed E-state index contributed by atoms with van der Waals surface area (Å²) in [4.78, 5) is 4.00. The molecule has 0 spiro atoms. The quantitative estimate of drug-likeness (QED) is 0.536. The van der Waals surface area contributed by atoms with E-state index in [1.165, 1.54) is 5.71 Å². The fourth-order valence-corrected chi connectivity index (χ4v) is 0.418. The molecule has 0 unspecified atom stereocenters. The van der Waals surface area contributed by atoms with E-state index in [9.17, 15) is 0 Å². The van der Waals surface area contributed by atoms with Crippen molar-refractivity contribution in [3.63, 3.8) is 0 Å². The lowest BCUT2D eigenvalue weighted by molar-refractivity contribution is 0.822. The fraction of sp³-hybridized carbons (Fsp3) is 0.833. The molecular formula is C6H14N2. The molecule has 0 rings (SSSR count). The third kappa shape index (κ3) is 3.81. The molecule has 0 aliphatic carbocycles. The Kier molecular flexibility index (Phi) is 4.56. The molecule has 2 heteroatoms. The van der Waals surface area contributed by atoms with E-state index in [-0.39, 0.29) is 0 Å². The molecule has 0 heterocycles. The molecule has 0 fully saturated rings. The molecule has 48 valence electrons. The summed E-state index contributed by atoms with van der Waals surface area (Å²) >= 11 is 0. The van der Waals surface area contributed by atoms with Gasteiger partial charge in [0.1, 0.15) is 0 Å². The molecule has 0 radical (unpaired) electrons. The van der Waals surface area contributed by atoms with Gasteiger partial charge in [-0.2, -0.15) is 0 Å². The molecule has 8 heavy (non-hydrogen) atoms. The van der Waals surface area contributed by atoms with E-state index < -0.39 is 0 Å². The van der Waals surface area contributed by atoms with Crippen molar-refractivity contribution in [1.82, 2.24) is 5.32 Å². The highest BCUT2D eigenvalue weighted by molar-refractivity contribution is 5.81. The molecular weight excluding hydrogens is 100 g/mol. The first kappa shape index (κ1) is 7.63. The largest absolute Gasteiger partial charge is 0.319 e. The van der Waals surface area contributed by atoms with Gasteiger partial charge < -0.3 is 5.32 Å². The Bertz CT molecular complexity index is 76.6. The maximum absolute atomic E-state index is 4.00. The van der Waals surface area contributed by atoms with Crippen molar-refractivity contribution in [2.24, 2.45) is 4.99 Å². The van der Waals surface area contributed by atoms with Gasteiger partial charge in [0, 0.05) is 19.3 Å². The second-order valence-electron chi connectivity index (χ2n) is 1.81. The summed E-state index contributed by atoms with van der Waals surface area (Å²) in [6.45, 7) is 3.07. The van der Waals surface area contributed by atoms with E-state index in [1.54, 1.807) is 0 Å². The van der Waals surface area contributed by atoms with Crippen LogP contribution in [0, 0.1) is 0 Å². The molecule has 0 atom stereocenters. The van der Waals surface area contributed by atoms with Gasteiger partial charge in [0.05, 0.1) is 0 Å². The van der Waals surface area contributed by atoms with E-state index in [1.807, 2.05) is 21.0 Å². The number of rotatable bonds is 3. The summed E-state index contributed by atoms with van der Waals surface area (Å²) in [5.74, 6) is 0. The van der Waals surface area contributed by atoms with Crippen LogP contribution in [0.4, 0.5) is 0 Å². The number of nitrogens with zero attached hydrogens (tertiary/aromatic N) is 1. The van der Waals surface area contributed by atoms with Gasteiger partial charge in [0.25, 0.3) is 0 Å². The van der Waals surface area contributed by atoms with Gasteiger partial charge in [-0.1, -0.05) is 0 Å². The van der Waals surface area contributed by atoms with Crippen LogP contribution in [-0.4, -0.2) is 26.4 Å². The zero-order chi connectivity index (χ0) is 6.41. The van der Waals surface area contributed by atoms with E-state index in [0.29, 0.717) is 0 Å². The summed E-state index contributed by atoms with van der Waals surface area (Å²) in [5, 5.41) is 3.05. The van der Waals surface area contributed by atoms with Crippen LogP contribution in [-0.2, 0) is 0 Å².